The minimum Gasteiger partial charge on any atom is -0.508 e. The number of phenols is 1. The summed E-state index contributed by atoms with van der Waals surface area (Å²) in [6, 6.07) is 9.68. The van der Waals surface area contributed by atoms with Gasteiger partial charge in [0.25, 0.3) is 0 Å². The average Bonchev–Trinajstić information content (AvgIpc) is 2.61. The van der Waals surface area contributed by atoms with E-state index < -0.39 is 11.9 Å². The van der Waals surface area contributed by atoms with E-state index in [4.69, 9.17) is 14.2 Å². The standard InChI is InChI=1S/C19H22O6/c1-4-25-18-16(23-2)10-12(11-17(18)24-3)9-15(19(21)22)13-5-7-14(20)8-6-13/h5-8,10-11,15,20H,4,9H2,1-3H3,(H,21,22). The Balaban J connectivity index is 2.39. The molecule has 0 aliphatic carbocycles. The predicted octanol–water partition coefficient (Wildman–Crippen LogP) is 3.22. The molecular formula is C19H22O6. The number of aromatic hydroxyl groups is 1. The van der Waals surface area contributed by atoms with Crippen molar-refractivity contribution in [2.45, 2.75) is 19.3 Å². The van der Waals surface area contributed by atoms with Crippen molar-refractivity contribution in [3.8, 4) is 23.0 Å². The smallest absolute Gasteiger partial charge is 0.311 e. The van der Waals surface area contributed by atoms with Gasteiger partial charge in [0.15, 0.2) is 11.5 Å². The van der Waals surface area contributed by atoms with E-state index in [1.165, 1.54) is 26.4 Å². The van der Waals surface area contributed by atoms with Crippen LogP contribution >= 0.6 is 0 Å². The highest BCUT2D eigenvalue weighted by Crippen LogP contribution is 2.39. The molecule has 0 saturated carbocycles. The molecule has 0 amide bonds. The van der Waals surface area contributed by atoms with E-state index in [9.17, 15) is 15.0 Å². The van der Waals surface area contributed by atoms with Crippen LogP contribution in [0.4, 0.5) is 0 Å². The number of aliphatic carboxylic acids is 1. The van der Waals surface area contributed by atoms with Gasteiger partial charge in [0, 0.05) is 0 Å². The molecule has 6 nitrogen and oxygen atoms in total. The van der Waals surface area contributed by atoms with Crippen molar-refractivity contribution in [2.75, 3.05) is 20.8 Å². The molecule has 0 saturated heterocycles. The fraction of sp³-hybridized carbons (Fsp3) is 0.316. The summed E-state index contributed by atoms with van der Waals surface area (Å²) in [5.74, 6) is -0.132. The van der Waals surface area contributed by atoms with E-state index in [0.29, 0.717) is 29.4 Å². The summed E-state index contributed by atoms with van der Waals surface area (Å²) < 4.78 is 16.3. The molecule has 2 aromatic rings. The quantitative estimate of drug-likeness (QED) is 0.763. The van der Waals surface area contributed by atoms with Crippen molar-refractivity contribution in [1.82, 2.24) is 0 Å². The van der Waals surface area contributed by atoms with E-state index >= 15 is 0 Å². The van der Waals surface area contributed by atoms with Gasteiger partial charge in [-0.05, 0) is 48.7 Å². The van der Waals surface area contributed by atoms with E-state index in [0.717, 1.165) is 5.56 Å². The highest BCUT2D eigenvalue weighted by molar-refractivity contribution is 5.76. The van der Waals surface area contributed by atoms with E-state index in [1.54, 1.807) is 24.3 Å². The normalized spacial score (nSPS) is 11.6. The number of phenolic OH excluding ortho intramolecular Hbond substituents is 1. The van der Waals surface area contributed by atoms with Gasteiger partial charge >= 0.3 is 5.97 Å². The minimum absolute atomic E-state index is 0.0947. The van der Waals surface area contributed by atoms with Crippen molar-refractivity contribution in [3.63, 3.8) is 0 Å². The summed E-state index contributed by atoms with van der Waals surface area (Å²) in [6.45, 7) is 2.31. The lowest BCUT2D eigenvalue weighted by Crippen LogP contribution is -2.14. The van der Waals surface area contributed by atoms with Gasteiger partial charge in [0.1, 0.15) is 5.75 Å². The molecule has 2 aromatic carbocycles. The molecule has 0 spiro atoms. The van der Waals surface area contributed by atoms with Gasteiger partial charge in [-0.1, -0.05) is 12.1 Å². The summed E-state index contributed by atoms with van der Waals surface area (Å²) in [6.07, 6.45) is 0.249. The topological polar surface area (TPSA) is 85.2 Å². The van der Waals surface area contributed by atoms with Crippen molar-refractivity contribution >= 4 is 5.97 Å². The number of hydrogen-bond donors (Lipinski definition) is 2. The Morgan fingerprint density at radius 1 is 1.08 bits per heavy atom. The first-order valence-electron chi connectivity index (χ1n) is 7.89. The van der Waals surface area contributed by atoms with E-state index in [2.05, 4.69) is 0 Å². The molecule has 0 radical (unpaired) electrons. The molecule has 1 unspecified atom stereocenters. The molecule has 1 atom stereocenters. The Kier molecular flexibility index (Phi) is 6.11. The average molecular weight is 346 g/mol. The first kappa shape index (κ1) is 18.4. The Bertz CT molecular complexity index is 698. The maximum absolute atomic E-state index is 11.7. The Morgan fingerprint density at radius 2 is 1.64 bits per heavy atom. The second-order valence-corrected chi connectivity index (χ2v) is 5.45. The number of carboxylic acids is 1. The van der Waals surface area contributed by atoms with Gasteiger partial charge in [-0.2, -0.15) is 0 Å². The monoisotopic (exact) mass is 346 g/mol. The second-order valence-electron chi connectivity index (χ2n) is 5.45. The zero-order valence-electron chi connectivity index (χ0n) is 14.5. The zero-order valence-corrected chi connectivity index (χ0v) is 14.5. The van der Waals surface area contributed by atoms with Crippen LogP contribution in [0.2, 0.25) is 0 Å². The molecule has 25 heavy (non-hydrogen) atoms. The highest BCUT2D eigenvalue weighted by atomic mass is 16.5. The number of methoxy groups -OCH3 is 2. The molecule has 0 aromatic heterocycles. The van der Waals surface area contributed by atoms with Gasteiger partial charge in [-0.25, -0.2) is 0 Å². The molecule has 0 fully saturated rings. The van der Waals surface area contributed by atoms with Crippen LogP contribution in [0.15, 0.2) is 36.4 Å². The lowest BCUT2D eigenvalue weighted by Gasteiger charge is -2.17. The molecule has 134 valence electrons. The summed E-state index contributed by atoms with van der Waals surface area (Å²) in [4.78, 5) is 11.7. The fourth-order valence-corrected chi connectivity index (χ4v) is 2.63. The summed E-state index contributed by atoms with van der Waals surface area (Å²) in [7, 11) is 3.05. The maximum Gasteiger partial charge on any atom is 0.311 e. The van der Waals surface area contributed by atoms with Crippen LogP contribution in [0.1, 0.15) is 24.0 Å². The van der Waals surface area contributed by atoms with Crippen LogP contribution in [0.25, 0.3) is 0 Å². The van der Waals surface area contributed by atoms with Gasteiger partial charge in [0.05, 0.1) is 26.7 Å². The molecule has 0 aliphatic rings. The third-order valence-electron chi connectivity index (χ3n) is 3.84. The molecular weight excluding hydrogens is 324 g/mol. The van der Waals surface area contributed by atoms with Crippen LogP contribution in [0.5, 0.6) is 23.0 Å². The third-order valence-corrected chi connectivity index (χ3v) is 3.84. The molecule has 0 heterocycles. The predicted molar refractivity (Wildman–Crippen MR) is 92.9 cm³/mol. The van der Waals surface area contributed by atoms with E-state index in [-0.39, 0.29) is 12.2 Å². The molecule has 6 heteroatoms. The SMILES string of the molecule is CCOc1c(OC)cc(CC(C(=O)O)c2ccc(O)cc2)cc1OC. The second kappa shape index (κ2) is 8.28. The summed E-state index contributed by atoms with van der Waals surface area (Å²) >= 11 is 0. The molecule has 0 aliphatic heterocycles. The Hall–Kier alpha value is -2.89. The number of benzene rings is 2. The molecule has 2 N–H and O–H groups in total. The number of ether oxygens (including phenoxy) is 3. The first-order chi connectivity index (χ1) is 12.0. The van der Waals surface area contributed by atoms with Gasteiger partial charge in [-0.3, -0.25) is 4.79 Å². The van der Waals surface area contributed by atoms with Gasteiger partial charge in [-0.15, -0.1) is 0 Å². The lowest BCUT2D eigenvalue weighted by molar-refractivity contribution is -0.138. The zero-order chi connectivity index (χ0) is 18.4. The Labute approximate surface area is 146 Å². The minimum atomic E-state index is -0.947. The third kappa shape index (κ3) is 4.35. The number of hydrogen-bond acceptors (Lipinski definition) is 5. The number of rotatable bonds is 8. The molecule has 0 bridgehead atoms. The number of carboxylic acid groups (broad SMARTS) is 1. The van der Waals surface area contributed by atoms with Crippen LogP contribution in [0.3, 0.4) is 0 Å². The first-order valence-corrected chi connectivity index (χ1v) is 7.89. The van der Waals surface area contributed by atoms with Crippen LogP contribution in [-0.4, -0.2) is 37.0 Å². The Morgan fingerprint density at radius 3 is 2.08 bits per heavy atom. The maximum atomic E-state index is 11.7. The van der Waals surface area contributed by atoms with Gasteiger partial charge < -0.3 is 24.4 Å². The molecule has 2 rings (SSSR count). The van der Waals surface area contributed by atoms with Crippen LogP contribution < -0.4 is 14.2 Å². The number of carbonyl (C=O) groups is 1. The van der Waals surface area contributed by atoms with Crippen LogP contribution in [-0.2, 0) is 11.2 Å². The fourth-order valence-electron chi connectivity index (χ4n) is 2.63. The highest BCUT2D eigenvalue weighted by Gasteiger charge is 2.22. The summed E-state index contributed by atoms with van der Waals surface area (Å²) in [5.41, 5.74) is 1.36. The van der Waals surface area contributed by atoms with Crippen molar-refractivity contribution in [3.05, 3.63) is 47.5 Å². The van der Waals surface area contributed by atoms with Crippen molar-refractivity contribution < 1.29 is 29.2 Å². The van der Waals surface area contributed by atoms with Crippen LogP contribution in [0, 0.1) is 0 Å². The lowest BCUT2D eigenvalue weighted by atomic mass is 9.91. The summed E-state index contributed by atoms with van der Waals surface area (Å²) in [5, 5.41) is 19.0. The van der Waals surface area contributed by atoms with Gasteiger partial charge in [0.2, 0.25) is 5.75 Å². The van der Waals surface area contributed by atoms with Crippen molar-refractivity contribution in [1.29, 1.82) is 0 Å². The largest absolute Gasteiger partial charge is 0.508 e. The van der Waals surface area contributed by atoms with Crippen molar-refractivity contribution in [2.24, 2.45) is 0 Å². The van der Waals surface area contributed by atoms with E-state index in [1.807, 2.05) is 6.92 Å².